The van der Waals surface area contributed by atoms with E-state index >= 15 is 0 Å². The zero-order chi connectivity index (χ0) is 16.8. The van der Waals surface area contributed by atoms with Crippen molar-refractivity contribution in [3.63, 3.8) is 0 Å². The number of nitrogens with one attached hydrogen (secondary N) is 1. The molecule has 0 radical (unpaired) electrons. The van der Waals surface area contributed by atoms with Gasteiger partial charge in [-0.3, -0.25) is 14.6 Å². The van der Waals surface area contributed by atoms with E-state index in [9.17, 15) is 9.59 Å². The standard InChI is InChI=1S/C19H21N3O2/c23-18(10-7-15-3-1-11-20-13-15)21-14-16-5-8-17(9-6-16)22-12-2-4-19(22)24/h1,3,5-6,8-9,11,13H,2,4,7,10,12,14H2,(H,21,23). The molecule has 1 saturated heterocycles. The van der Waals surface area contributed by atoms with Crippen LogP contribution in [0.3, 0.4) is 0 Å². The van der Waals surface area contributed by atoms with Crippen LogP contribution in [0.15, 0.2) is 48.8 Å². The van der Waals surface area contributed by atoms with Crippen molar-refractivity contribution < 1.29 is 9.59 Å². The van der Waals surface area contributed by atoms with E-state index in [0.29, 0.717) is 25.8 Å². The lowest BCUT2D eigenvalue weighted by Gasteiger charge is -2.16. The molecule has 1 aromatic heterocycles. The average Bonchev–Trinajstić information content (AvgIpc) is 3.05. The number of aryl methyl sites for hydroxylation is 1. The summed E-state index contributed by atoms with van der Waals surface area (Å²) in [6.07, 6.45) is 6.21. The normalized spacial score (nSPS) is 14.0. The fourth-order valence-corrected chi connectivity index (χ4v) is 2.81. The lowest BCUT2D eigenvalue weighted by molar-refractivity contribution is -0.121. The van der Waals surface area contributed by atoms with Crippen LogP contribution in [-0.2, 0) is 22.6 Å². The van der Waals surface area contributed by atoms with Gasteiger partial charge in [-0.15, -0.1) is 0 Å². The van der Waals surface area contributed by atoms with Crippen LogP contribution >= 0.6 is 0 Å². The molecular formula is C19H21N3O2. The fourth-order valence-electron chi connectivity index (χ4n) is 2.81. The molecule has 0 aliphatic carbocycles. The number of carbonyl (C=O) groups is 2. The first-order valence-electron chi connectivity index (χ1n) is 8.27. The lowest BCUT2D eigenvalue weighted by Crippen LogP contribution is -2.24. The predicted octanol–water partition coefficient (Wildman–Crippen LogP) is 2.46. The summed E-state index contributed by atoms with van der Waals surface area (Å²) in [5, 5.41) is 2.93. The summed E-state index contributed by atoms with van der Waals surface area (Å²) in [6, 6.07) is 11.7. The van der Waals surface area contributed by atoms with Crippen LogP contribution in [-0.4, -0.2) is 23.3 Å². The first kappa shape index (κ1) is 16.2. The molecular weight excluding hydrogens is 302 g/mol. The van der Waals surface area contributed by atoms with E-state index in [4.69, 9.17) is 0 Å². The molecule has 2 heterocycles. The molecule has 0 atom stereocenters. The van der Waals surface area contributed by atoms with Gasteiger partial charge >= 0.3 is 0 Å². The number of pyridine rings is 1. The van der Waals surface area contributed by atoms with Crippen molar-refractivity contribution in [3.05, 3.63) is 59.9 Å². The minimum Gasteiger partial charge on any atom is -0.352 e. The Morgan fingerprint density at radius 1 is 1.17 bits per heavy atom. The van der Waals surface area contributed by atoms with Gasteiger partial charge in [0.1, 0.15) is 0 Å². The number of carbonyl (C=O) groups excluding carboxylic acids is 2. The van der Waals surface area contributed by atoms with E-state index in [1.165, 1.54) is 0 Å². The van der Waals surface area contributed by atoms with Crippen LogP contribution in [0.1, 0.15) is 30.4 Å². The highest BCUT2D eigenvalue weighted by atomic mass is 16.2. The third-order valence-corrected chi connectivity index (χ3v) is 4.17. The van der Waals surface area contributed by atoms with E-state index in [-0.39, 0.29) is 11.8 Å². The number of anilines is 1. The predicted molar refractivity (Wildman–Crippen MR) is 92.4 cm³/mol. The van der Waals surface area contributed by atoms with Crippen LogP contribution < -0.4 is 10.2 Å². The minimum atomic E-state index is 0.0256. The topological polar surface area (TPSA) is 62.3 Å². The van der Waals surface area contributed by atoms with Gasteiger partial charge in [0, 0.05) is 44.0 Å². The van der Waals surface area contributed by atoms with Crippen molar-refractivity contribution in [2.45, 2.75) is 32.2 Å². The highest BCUT2D eigenvalue weighted by molar-refractivity contribution is 5.95. The largest absolute Gasteiger partial charge is 0.352 e. The summed E-state index contributed by atoms with van der Waals surface area (Å²) in [4.78, 5) is 29.5. The molecule has 5 nitrogen and oxygen atoms in total. The fraction of sp³-hybridized carbons (Fsp3) is 0.316. The number of aromatic nitrogens is 1. The van der Waals surface area contributed by atoms with E-state index in [1.807, 2.05) is 41.3 Å². The first-order chi connectivity index (χ1) is 11.7. The molecule has 1 aliphatic rings. The number of benzene rings is 1. The summed E-state index contributed by atoms with van der Waals surface area (Å²) < 4.78 is 0. The van der Waals surface area contributed by atoms with E-state index in [2.05, 4.69) is 10.3 Å². The first-order valence-corrected chi connectivity index (χ1v) is 8.27. The molecule has 2 amide bonds. The van der Waals surface area contributed by atoms with E-state index < -0.39 is 0 Å². The Labute approximate surface area is 141 Å². The smallest absolute Gasteiger partial charge is 0.227 e. The van der Waals surface area contributed by atoms with Gasteiger partial charge in [0.05, 0.1) is 0 Å². The molecule has 124 valence electrons. The van der Waals surface area contributed by atoms with Crippen LogP contribution in [0.25, 0.3) is 0 Å². The molecule has 1 aromatic carbocycles. The molecule has 0 unspecified atom stereocenters. The Morgan fingerprint density at radius 3 is 2.67 bits per heavy atom. The Hall–Kier alpha value is -2.69. The van der Waals surface area contributed by atoms with E-state index in [0.717, 1.165) is 29.8 Å². The maximum absolute atomic E-state index is 11.9. The second-order valence-electron chi connectivity index (χ2n) is 5.95. The molecule has 1 aliphatic heterocycles. The minimum absolute atomic E-state index is 0.0256. The van der Waals surface area contributed by atoms with Crippen molar-refractivity contribution in [2.75, 3.05) is 11.4 Å². The van der Waals surface area contributed by atoms with Crippen molar-refractivity contribution in [3.8, 4) is 0 Å². The second kappa shape index (κ2) is 7.73. The Kier molecular flexibility index (Phi) is 5.21. The zero-order valence-corrected chi connectivity index (χ0v) is 13.6. The Bertz CT molecular complexity index is 698. The Balaban J connectivity index is 1.46. The number of rotatable bonds is 6. The highest BCUT2D eigenvalue weighted by Gasteiger charge is 2.21. The van der Waals surface area contributed by atoms with Gasteiger partial charge < -0.3 is 10.2 Å². The summed E-state index contributed by atoms with van der Waals surface area (Å²) in [5.41, 5.74) is 3.02. The molecule has 3 rings (SSSR count). The third kappa shape index (κ3) is 4.19. The molecule has 5 heteroatoms. The molecule has 0 bridgehead atoms. The van der Waals surface area contributed by atoms with Crippen molar-refractivity contribution in [1.82, 2.24) is 10.3 Å². The van der Waals surface area contributed by atoms with Crippen molar-refractivity contribution >= 4 is 17.5 Å². The number of hydrogen-bond donors (Lipinski definition) is 1. The van der Waals surface area contributed by atoms with Gasteiger partial charge in [0.2, 0.25) is 11.8 Å². The number of nitrogens with zero attached hydrogens (tertiary/aromatic N) is 2. The number of amides is 2. The van der Waals surface area contributed by atoms with Gasteiger partial charge in [-0.25, -0.2) is 0 Å². The van der Waals surface area contributed by atoms with Crippen molar-refractivity contribution in [2.24, 2.45) is 0 Å². The maximum Gasteiger partial charge on any atom is 0.227 e. The summed E-state index contributed by atoms with van der Waals surface area (Å²) in [5.74, 6) is 0.212. The van der Waals surface area contributed by atoms with Gasteiger partial charge in [0.25, 0.3) is 0 Å². The molecule has 24 heavy (non-hydrogen) atoms. The molecule has 1 fully saturated rings. The quantitative estimate of drug-likeness (QED) is 0.888. The summed E-state index contributed by atoms with van der Waals surface area (Å²) in [6.45, 7) is 1.29. The van der Waals surface area contributed by atoms with Gasteiger partial charge in [-0.1, -0.05) is 18.2 Å². The van der Waals surface area contributed by atoms with Crippen LogP contribution in [0.4, 0.5) is 5.69 Å². The number of hydrogen-bond acceptors (Lipinski definition) is 3. The van der Waals surface area contributed by atoms with Crippen LogP contribution in [0, 0.1) is 0 Å². The van der Waals surface area contributed by atoms with Gasteiger partial charge in [0.15, 0.2) is 0 Å². The summed E-state index contributed by atoms with van der Waals surface area (Å²) >= 11 is 0. The van der Waals surface area contributed by atoms with Crippen molar-refractivity contribution in [1.29, 1.82) is 0 Å². The van der Waals surface area contributed by atoms with Gasteiger partial charge in [-0.05, 0) is 42.2 Å². The second-order valence-corrected chi connectivity index (χ2v) is 5.95. The monoisotopic (exact) mass is 323 g/mol. The van der Waals surface area contributed by atoms with Crippen LogP contribution in [0.5, 0.6) is 0 Å². The Morgan fingerprint density at radius 2 is 2.00 bits per heavy atom. The molecule has 2 aromatic rings. The summed E-state index contributed by atoms with van der Waals surface area (Å²) in [7, 11) is 0. The molecule has 1 N–H and O–H groups in total. The SMILES string of the molecule is O=C(CCc1cccnc1)NCc1ccc(N2CCCC2=O)cc1. The third-order valence-electron chi connectivity index (χ3n) is 4.17. The van der Waals surface area contributed by atoms with Gasteiger partial charge in [-0.2, -0.15) is 0 Å². The lowest BCUT2D eigenvalue weighted by atomic mass is 10.1. The maximum atomic E-state index is 11.9. The highest BCUT2D eigenvalue weighted by Crippen LogP contribution is 2.21. The van der Waals surface area contributed by atoms with E-state index in [1.54, 1.807) is 12.4 Å². The zero-order valence-electron chi connectivity index (χ0n) is 13.6. The molecule has 0 spiro atoms. The van der Waals surface area contributed by atoms with Crippen LogP contribution in [0.2, 0.25) is 0 Å². The molecule has 0 saturated carbocycles. The average molecular weight is 323 g/mol.